The second kappa shape index (κ2) is 15.5. The molecule has 0 spiro atoms. The zero-order valence-electron chi connectivity index (χ0n) is 13.6. The van der Waals surface area contributed by atoms with Crippen molar-refractivity contribution in [2.45, 2.75) is 25.7 Å². The van der Waals surface area contributed by atoms with E-state index in [1.807, 2.05) is 0 Å². The molecule has 1 rings (SSSR count). The van der Waals surface area contributed by atoms with Crippen LogP contribution in [0.4, 0.5) is 0 Å². The van der Waals surface area contributed by atoms with Crippen molar-refractivity contribution in [3.8, 4) is 0 Å². The molecule has 4 heteroatoms. The molecule has 0 amide bonds. The van der Waals surface area contributed by atoms with Gasteiger partial charge in [0.05, 0.1) is 38.3 Å². The van der Waals surface area contributed by atoms with E-state index >= 15 is 0 Å². The van der Waals surface area contributed by atoms with Gasteiger partial charge in [0.1, 0.15) is 13.2 Å². The van der Waals surface area contributed by atoms with Crippen LogP contribution in [0.5, 0.6) is 0 Å². The van der Waals surface area contributed by atoms with Gasteiger partial charge in [-0.2, -0.15) is 0 Å². The maximum absolute atomic E-state index is 5.21. The van der Waals surface area contributed by atoms with Crippen LogP contribution >= 0.6 is 0 Å². The Balaban J connectivity index is 0.000000472. The third-order valence-corrected chi connectivity index (χ3v) is 3.42. The first-order chi connectivity index (χ1) is 10.8. The monoisotopic (exact) mass is 310 g/mol. The predicted octanol–water partition coefficient (Wildman–Crippen LogP) is 4.42. The van der Waals surface area contributed by atoms with Crippen molar-refractivity contribution in [3.63, 3.8) is 0 Å². The lowest BCUT2D eigenvalue weighted by Crippen LogP contribution is -2.20. The number of ether oxygens (including phenoxy) is 4. The molecule has 0 aromatic heterocycles. The SMILES string of the molecule is C=COCC1CCC(COC=C)CC1.C=COCCOC=C. The van der Waals surface area contributed by atoms with Crippen LogP contribution in [0.3, 0.4) is 0 Å². The largest absolute Gasteiger partial charge is 0.502 e. The van der Waals surface area contributed by atoms with Crippen molar-refractivity contribution in [1.82, 2.24) is 0 Å². The highest BCUT2D eigenvalue weighted by atomic mass is 16.5. The highest BCUT2D eigenvalue weighted by Gasteiger charge is 2.21. The van der Waals surface area contributed by atoms with Gasteiger partial charge in [-0.15, -0.1) is 0 Å². The van der Waals surface area contributed by atoms with Gasteiger partial charge in [-0.1, -0.05) is 26.3 Å². The third-order valence-electron chi connectivity index (χ3n) is 3.42. The van der Waals surface area contributed by atoms with Crippen LogP contribution in [-0.2, 0) is 18.9 Å². The summed E-state index contributed by atoms with van der Waals surface area (Å²) in [6.07, 6.45) is 10.8. The van der Waals surface area contributed by atoms with Gasteiger partial charge in [-0.3, -0.25) is 0 Å². The van der Waals surface area contributed by atoms with Crippen LogP contribution in [0.2, 0.25) is 0 Å². The quantitative estimate of drug-likeness (QED) is 0.418. The summed E-state index contributed by atoms with van der Waals surface area (Å²) < 4.78 is 19.9. The topological polar surface area (TPSA) is 36.9 Å². The van der Waals surface area contributed by atoms with Gasteiger partial charge in [0, 0.05) is 0 Å². The van der Waals surface area contributed by atoms with E-state index in [4.69, 9.17) is 18.9 Å². The minimum absolute atomic E-state index is 0.537. The van der Waals surface area contributed by atoms with Crippen molar-refractivity contribution in [2.24, 2.45) is 11.8 Å². The van der Waals surface area contributed by atoms with Gasteiger partial charge >= 0.3 is 0 Å². The molecular formula is C18H30O4. The summed E-state index contributed by atoms with van der Waals surface area (Å²) in [6, 6.07) is 0. The van der Waals surface area contributed by atoms with E-state index in [1.165, 1.54) is 50.7 Å². The summed E-state index contributed by atoms with van der Waals surface area (Å²) in [5.41, 5.74) is 0. The molecule has 0 atom stereocenters. The molecule has 126 valence electrons. The lowest BCUT2D eigenvalue weighted by atomic mass is 9.83. The molecule has 1 saturated carbocycles. The minimum atomic E-state index is 0.537. The molecule has 0 aromatic carbocycles. The summed E-state index contributed by atoms with van der Waals surface area (Å²) in [4.78, 5) is 0. The fraction of sp³-hybridized carbons (Fsp3) is 0.556. The molecule has 0 aliphatic heterocycles. The average molecular weight is 310 g/mol. The van der Waals surface area contributed by atoms with Crippen molar-refractivity contribution in [1.29, 1.82) is 0 Å². The van der Waals surface area contributed by atoms with E-state index in [-0.39, 0.29) is 0 Å². The summed E-state index contributed by atoms with van der Waals surface area (Å²) in [7, 11) is 0. The van der Waals surface area contributed by atoms with Crippen LogP contribution < -0.4 is 0 Å². The Bertz CT molecular complexity index is 263. The molecule has 4 nitrogen and oxygen atoms in total. The van der Waals surface area contributed by atoms with Crippen LogP contribution in [0.25, 0.3) is 0 Å². The molecule has 1 aliphatic rings. The Labute approximate surface area is 135 Å². The van der Waals surface area contributed by atoms with Crippen LogP contribution in [0, 0.1) is 11.8 Å². The van der Waals surface area contributed by atoms with Crippen LogP contribution in [0.1, 0.15) is 25.7 Å². The van der Waals surface area contributed by atoms with Crippen molar-refractivity contribution >= 4 is 0 Å². The molecule has 1 fully saturated rings. The first kappa shape index (κ1) is 20.2. The van der Waals surface area contributed by atoms with E-state index in [1.54, 1.807) is 0 Å². The van der Waals surface area contributed by atoms with Gasteiger partial charge < -0.3 is 18.9 Å². The van der Waals surface area contributed by atoms with Gasteiger partial charge in [0.25, 0.3) is 0 Å². The smallest absolute Gasteiger partial charge is 0.121 e. The summed E-state index contributed by atoms with van der Waals surface area (Å²) >= 11 is 0. The highest BCUT2D eigenvalue weighted by molar-refractivity contribution is 4.73. The fourth-order valence-corrected chi connectivity index (χ4v) is 2.24. The van der Waals surface area contributed by atoms with Crippen molar-refractivity contribution in [2.75, 3.05) is 26.4 Å². The summed E-state index contributed by atoms with van der Waals surface area (Å²) in [6.45, 7) is 16.5. The Hall–Kier alpha value is -1.84. The maximum atomic E-state index is 5.21. The Morgan fingerprint density at radius 1 is 0.591 bits per heavy atom. The molecule has 0 N–H and O–H groups in total. The summed E-state index contributed by atoms with van der Waals surface area (Å²) in [5.74, 6) is 1.43. The van der Waals surface area contributed by atoms with Gasteiger partial charge in [-0.05, 0) is 37.5 Å². The second-order valence-corrected chi connectivity index (χ2v) is 4.96. The van der Waals surface area contributed by atoms with E-state index in [0.29, 0.717) is 25.0 Å². The Morgan fingerprint density at radius 2 is 0.909 bits per heavy atom. The van der Waals surface area contributed by atoms with E-state index in [9.17, 15) is 0 Å². The lowest BCUT2D eigenvalue weighted by molar-refractivity contribution is 0.114. The first-order valence-corrected chi connectivity index (χ1v) is 7.68. The van der Waals surface area contributed by atoms with Gasteiger partial charge in [-0.25, -0.2) is 0 Å². The van der Waals surface area contributed by atoms with E-state index in [2.05, 4.69) is 26.3 Å². The highest BCUT2D eigenvalue weighted by Crippen LogP contribution is 2.29. The number of hydrogen-bond donors (Lipinski definition) is 0. The van der Waals surface area contributed by atoms with Crippen molar-refractivity contribution < 1.29 is 18.9 Å². The second-order valence-electron chi connectivity index (χ2n) is 4.96. The third kappa shape index (κ3) is 11.9. The number of hydrogen-bond acceptors (Lipinski definition) is 4. The van der Waals surface area contributed by atoms with Gasteiger partial charge in [0.2, 0.25) is 0 Å². The Morgan fingerprint density at radius 3 is 1.18 bits per heavy atom. The molecule has 0 saturated heterocycles. The molecule has 1 aliphatic carbocycles. The zero-order chi connectivity index (χ0) is 16.5. The molecule has 0 aromatic rings. The molecule has 0 radical (unpaired) electrons. The van der Waals surface area contributed by atoms with Crippen molar-refractivity contribution in [3.05, 3.63) is 51.4 Å². The van der Waals surface area contributed by atoms with E-state index in [0.717, 1.165) is 13.2 Å². The molecule has 0 bridgehead atoms. The first-order valence-electron chi connectivity index (χ1n) is 7.68. The standard InChI is InChI=1S/C12H20O2.C6H10O2/c1-3-13-9-11-5-7-12(8-6-11)10-14-4-2;1-3-7-5-6-8-4-2/h3-4,11-12H,1-2,5-10H2;3-4H,1-2,5-6H2. The lowest BCUT2D eigenvalue weighted by Gasteiger charge is -2.27. The van der Waals surface area contributed by atoms with Gasteiger partial charge in [0.15, 0.2) is 0 Å². The minimum Gasteiger partial charge on any atom is -0.502 e. The molecule has 0 unspecified atom stereocenters. The molecule has 0 heterocycles. The normalized spacial score (nSPS) is 19.6. The van der Waals surface area contributed by atoms with Crippen LogP contribution in [0.15, 0.2) is 51.4 Å². The fourth-order valence-electron chi connectivity index (χ4n) is 2.24. The van der Waals surface area contributed by atoms with E-state index < -0.39 is 0 Å². The van der Waals surface area contributed by atoms with Crippen LogP contribution in [-0.4, -0.2) is 26.4 Å². The predicted molar refractivity (Wildman–Crippen MR) is 90.0 cm³/mol. The Kier molecular flexibility index (Phi) is 14.2. The maximum Gasteiger partial charge on any atom is 0.121 e. The number of rotatable bonds is 11. The average Bonchev–Trinajstić information content (AvgIpc) is 2.56. The zero-order valence-corrected chi connectivity index (χ0v) is 13.6. The summed E-state index contributed by atoms with van der Waals surface area (Å²) in [5, 5.41) is 0. The molecule has 22 heavy (non-hydrogen) atoms. The molecular weight excluding hydrogens is 280 g/mol.